The maximum atomic E-state index is 9.69. The number of phenolic OH excluding ortho intramolecular Hbond substituents is 1. The zero-order valence-electron chi connectivity index (χ0n) is 7.78. The SMILES string of the molecule is CNc1cccc(O)c1-c1ncc[nH]1. The molecule has 2 aromatic rings. The number of rotatable bonds is 2. The molecular weight excluding hydrogens is 178 g/mol. The van der Waals surface area contributed by atoms with Crippen LogP contribution in [0.15, 0.2) is 30.6 Å². The third-order valence-electron chi connectivity index (χ3n) is 2.05. The lowest BCUT2D eigenvalue weighted by molar-refractivity contribution is 0.477. The molecule has 3 N–H and O–H groups in total. The average molecular weight is 189 g/mol. The summed E-state index contributed by atoms with van der Waals surface area (Å²) in [5.41, 5.74) is 1.54. The molecular formula is C10H11N3O. The molecule has 0 aliphatic heterocycles. The van der Waals surface area contributed by atoms with E-state index in [1.807, 2.05) is 6.07 Å². The minimum atomic E-state index is 0.215. The number of nitrogens with one attached hydrogen (secondary N) is 2. The van der Waals surface area contributed by atoms with E-state index in [1.165, 1.54) is 0 Å². The van der Waals surface area contributed by atoms with Crippen molar-refractivity contribution in [3.05, 3.63) is 30.6 Å². The van der Waals surface area contributed by atoms with Gasteiger partial charge >= 0.3 is 0 Å². The van der Waals surface area contributed by atoms with Crippen LogP contribution in [-0.2, 0) is 0 Å². The van der Waals surface area contributed by atoms with E-state index < -0.39 is 0 Å². The Morgan fingerprint density at radius 2 is 2.29 bits per heavy atom. The summed E-state index contributed by atoms with van der Waals surface area (Å²) in [7, 11) is 1.81. The van der Waals surface area contributed by atoms with Crippen molar-refractivity contribution in [1.29, 1.82) is 0 Å². The second-order valence-corrected chi connectivity index (χ2v) is 2.89. The third-order valence-corrected chi connectivity index (χ3v) is 2.05. The van der Waals surface area contributed by atoms with Crippen molar-refractivity contribution in [2.45, 2.75) is 0 Å². The summed E-state index contributed by atoms with van der Waals surface area (Å²) < 4.78 is 0. The van der Waals surface area contributed by atoms with Crippen LogP contribution in [0.4, 0.5) is 5.69 Å². The molecule has 0 fully saturated rings. The summed E-state index contributed by atoms with van der Waals surface area (Å²) >= 11 is 0. The summed E-state index contributed by atoms with van der Waals surface area (Å²) in [5, 5.41) is 12.7. The van der Waals surface area contributed by atoms with Crippen LogP contribution in [0.5, 0.6) is 5.75 Å². The van der Waals surface area contributed by atoms with Gasteiger partial charge in [0.15, 0.2) is 0 Å². The first-order valence-corrected chi connectivity index (χ1v) is 4.32. The van der Waals surface area contributed by atoms with E-state index in [-0.39, 0.29) is 5.75 Å². The quantitative estimate of drug-likeness (QED) is 0.675. The summed E-state index contributed by atoms with van der Waals surface area (Å²) in [6.45, 7) is 0. The fourth-order valence-corrected chi connectivity index (χ4v) is 1.40. The van der Waals surface area contributed by atoms with Gasteiger partial charge in [-0.2, -0.15) is 0 Å². The van der Waals surface area contributed by atoms with Crippen LogP contribution in [0.25, 0.3) is 11.4 Å². The maximum Gasteiger partial charge on any atom is 0.143 e. The van der Waals surface area contributed by atoms with E-state index in [0.717, 1.165) is 5.69 Å². The van der Waals surface area contributed by atoms with Gasteiger partial charge in [0.25, 0.3) is 0 Å². The Morgan fingerprint density at radius 3 is 2.93 bits per heavy atom. The molecule has 0 atom stereocenters. The standard InChI is InChI=1S/C10H11N3O/c1-11-7-3-2-4-8(14)9(7)10-12-5-6-13-10/h2-6,11,14H,1H3,(H,12,13). The lowest BCUT2D eigenvalue weighted by Gasteiger charge is -2.08. The number of aromatic hydroxyl groups is 1. The van der Waals surface area contributed by atoms with Gasteiger partial charge in [-0.25, -0.2) is 4.98 Å². The van der Waals surface area contributed by atoms with E-state index in [2.05, 4.69) is 15.3 Å². The van der Waals surface area contributed by atoms with E-state index in [1.54, 1.807) is 31.6 Å². The third kappa shape index (κ3) is 1.31. The monoisotopic (exact) mass is 189 g/mol. The molecule has 1 heterocycles. The molecule has 72 valence electrons. The van der Waals surface area contributed by atoms with Crippen LogP contribution in [-0.4, -0.2) is 22.1 Å². The number of hydrogen-bond donors (Lipinski definition) is 3. The number of hydrogen-bond acceptors (Lipinski definition) is 3. The van der Waals surface area contributed by atoms with Crippen molar-refractivity contribution in [2.24, 2.45) is 0 Å². The van der Waals surface area contributed by atoms with Crippen LogP contribution in [0.1, 0.15) is 0 Å². The van der Waals surface area contributed by atoms with Crippen molar-refractivity contribution in [3.8, 4) is 17.1 Å². The molecule has 1 aromatic heterocycles. The number of benzene rings is 1. The number of H-pyrrole nitrogens is 1. The Labute approximate surface area is 81.6 Å². The molecule has 4 heteroatoms. The number of aromatic nitrogens is 2. The van der Waals surface area contributed by atoms with Gasteiger partial charge in [-0.1, -0.05) is 6.07 Å². The maximum absolute atomic E-state index is 9.69. The normalized spacial score (nSPS) is 10.1. The van der Waals surface area contributed by atoms with E-state index in [9.17, 15) is 5.11 Å². The van der Waals surface area contributed by atoms with Gasteiger partial charge < -0.3 is 15.4 Å². The lowest BCUT2D eigenvalue weighted by Crippen LogP contribution is -1.93. The minimum absolute atomic E-state index is 0.215. The first kappa shape index (κ1) is 8.62. The summed E-state index contributed by atoms with van der Waals surface area (Å²) in [4.78, 5) is 7.06. The van der Waals surface area contributed by atoms with Gasteiger partial charge in [0.2, 0.25) is 0 Å². The average Bonchev–Trinajstić information content (AvgIpc) is 2.70. The minimum Gasteiger partial charge on any atom is -0.507 e. The first-order valence-electron chi connectivity index (χ1n) is 4.32. The van der Waals surface area contributed by atoms with Crippen molar-refractivity contribution in [1.82, 2.24) is 9.97 Å². The van der Waals surface area contributed by atoms with Gasteiger partial charge in [-0.15, -0.1) is 0 Å². The fraction of sp³-hybridized carbons (Fsp3) is 0.100. The summed E-state index contributed by atoms with van der Waals surface area (Å²) in [6, 6.07) is 5.31. The van der Waals surface area contributed by atoms with Gasteiger partial charge in [0.1, 0.15) is 11.6 Å². The number of imidazole rings is 1. The highest BCUT2D eigenvalue weighted by Gasteiger charge is 2.10. The predicted octanol–water partition coefficient (Wildman–Crippen LogP) is 1.82. The molecule has 0 amide bonds. The second kappa shape index (κ2) is 3.41. The second-order valence-electron chi connectivity index (χ2n) is 2.89. The molecule has 0 bridgehead atoms. The molecule has 0 saturated carbocycles. The Hall–Kier alpha value is -1.97. The topological polar surface area (TPSA) is 60.9 Å². The predicted molar refractivity (Wildman–Crippen MR) is 55.2 cm³/mol. The number of aromatic amines is 1. The van der Waals surface area contributed by atoms with Crippen molar-refractivity contribution < 1.29 is 5.11 Å². The Balaban J connectivity index is 2.61. The highest BCUT2D eigenvalue weighted by molar-refractivity contribution is 5.78. The highest BCUT2D eigenvalue weighted by atomic mass is 16.3. The molecule has 0 aliphatic carbocycles. The Bertz CT molecular complexity index is 423. The van der Waals surface area contributed by atoms with Crippen LogP contribution in [0.2, 0.25) is 0 Å². The molecule has 0 aliphatic rings. The lowest BCUT2D eigenvalue weighted by atomic mass is 10.1. The molecule has 0 saturated heterocycles. The summed E-state index contributed by atoms with van der Waals surface area (Å²) in [6.07, 6.45) is 3.38. The van der Waals surface area contributed by atoms with E-state index in [4.69, 9.17) is 0 Å². The van der Waals surface area contributed by atoms with Gasteiger partial charge in [0, 0.05) is 25.1 Å². The molecule has 1 aromatic carbocycles. The van der Waals surface area contributed by atoms with Crippen molar-refractivity contribution in [3.63, 3.8) is 0 Å². The van der Waals surface area contributed by atoms with E-state index >= 15 is 0 Å². The van der Waals surface area contributed by atoms with Crippen LogP contribution < -0.4 is 5.32 Å². The van der Waals surface area contributed by atoms with Crippen molar-refractivity contribution in [2.75, 3.05) is 12.4 Å². The van der Waals surface area contributed by atoms with E-state index in [0.29, 0.717) is 11.4 Å². The molecule has 2 rings (SSSR count). The van der Waals surface area contributed by atoms with Gasteiger partial charge in [0.05, 0.1) is 5.56 Å². The number of nitrogens with zero attached hydrogens (tertiary/aromatic N) is 1. The molecule has 14 heavy (non-hydrogen) atoms. The first-order chi connectivity index (χ1) is 6.83. The van der Waals surface area contributed by atoms with Crippen molar-refractivity contribution >= 4 is 5.69 Å². The van der Waals surface area contributed by atoms with Crippen LogP contribution in [0, 0.1) is 0 Å². The highest BCUT2D eigenvalue weighted by Crippen LogP contribution is 2.33. The zero-order valence-corrected chi connectivity index (χ0v) is 7.78. The van der Waals surface area contributed by atoms with Gasteiger partial charge in [-0.05, 0) is 12.1 Å². The molecule has 0 unspecified atom stereocenters. The molecule has 0 radical (unpaired) electrons. The largest absolute Gasteiger partial charge is 0.507 e. The number of anilines is 1. The van der Waals surface area contributed by atoms with Crippen LogP contribution in [0.3, 0.4) is 0 Å². The fourth-order valence-electron chi connectivity index (χ4n) is 1.40. The summed E-state index contributed by atoms with van der Waals surface area (Å²) in [5.74, 6) is 0.874. The van der Waals surface area contributed by atoms with Crippen LogP contribution >= 0.6 is 0 Å². The molecule has 4 nitrogen and oxygen atoms in total. The number of phenols is 1. The molecule has 0 spiro atoms. The smallest absolute Gasteiger partial charge is 0.143 e. The van der Waals surface area contributed by atoms with Gasteiger partial charge in [-0.3, -0.25) is 0 Å². The zero-order chi connectivity index (χ0) is 9.97. The Kier molecular flexibility index (Phi) is 2.10. The Morgan fingerprint density at radius 1 is 1.43 bits per heavy atom.